The number of sulfonamides is 1. The van der Waals surface area contributed by atoms with Crippen LogP contribution in [0.1, 0.15) is 21.5 Å². The zero-order chi connectivity index (χ0) is 22.6. The van der Waals surface area contributed by atoms with E-state index in [9.17, 15) is 18.0 Å². The lowest BCUT2D eigenvalue weighted by Crippen LogP contribution is -2.46. The smallest absolute Gasteiger partial charge is 0.269 e. The maximum absolute atomic E-state index is 12.6. The summed E-state index contributed by atoms with van der Waals surface area (Å²) < 4.78 is 28.0. The van der Waals surface area contributed by atoms with Crippen molar-refractivity contribution < 1.29 is 18.0 Å². The highest BCUT2D eigenvalue weighted by Crippen LogP contribution is 2.17. The van der Waals surface area contributed by atoms with E-state index >= 15 is 0 Å². The molecule has 0 saturated carbocycles. The number of hydrazine groups is 1. The van der Waals surface area contributed by atoms with Gasteiger partial charge in [-0.15, -0.1) is 0 Å². The molecular weight excluding hydrogens is 416 g/mol. The molecule has 0 fully saturated rings. The highest BCUT2D eigenvalue weighted by atomic mass is 32.2. The summed E-state index contributed by atoms with van der Waals surface area (Å²) >= 11 is 0. The summed E-state index contributed by atoms with van der Waals surface area (Å²) in [6.45, 7) is 3.34. The Bertz CT molecular complexity index is 1190. The third-order valence-electron chi connectivity index (χ3n) is 4.76. The summed E-state index contributed by atoms with van der Waals surface area (Å²) in [7, 11) is -2.51. The maximum Gasteiger partial charge on any atom is 0.269 e. The minimum Gasteiger partial charge on any atom is -0.324 e. The van der Waals surface area contributed by atoms with E-state index in [1.54, 1.807) is 24.3 Å². The Labute approximate surface area is 181 Å². The molecule has 31 heavy (non-hydrogen) atoms. The minimum atomic E-state index is -3.82. The van der Waals surface area contributed by atoms with Gasteiger partial charge in [-0.25, -0.2) is 8.42 Å². The lowest BCUT2D eigenvalue weighted by molar-refractivity contribution is -0.121. The first kappa shape index (κ1) is 22.3. The van der Waals surface area contributed by atoms with E-state index in [0.29, 0.717) is 5.56 Å². The van der Waals surface area contributed by atoms with Gasteiger partial charge >= 0.3 is 0 Å². The summed E-state index contributed by atoms with van der Waals surface area (Å²) in [4.78, 5) is 24.7. The SMILES string of the molecule is Cc1ccc(S(=O)(=O)N(C)CC(=O)NNC(=O)c2ccc(C)c(-n3cccc3)c2)cc1. The standard InChI is InChI=1S/C22H24N4O4S/c1-16-6-10-19(11-7-16)31(29,30)25(3)15-21(27)23-24-22(28)18-9-8-17(2)20(14-18)26-12-4-5-13-26/h4-14H,15H2,1-3H3,(H,23,27)(H,24,28). The van der Waals surface area contributed by atoms with Crippen molar-refractivity contribution >= 4 is 21.8 Å². The quantitative estimate of drug-likeness (QED) is 0.574. The molecule has 1 aromatic heterocycles. The molecule has 0 unspecified atom stereocenters. The monoisotopic (exact) mass is 440 g/mol. The number of rotatable bonds is 6. The van der Waals surface area contributed by atoms with Gasteiger partial charge in [-0.1, -0.05) is 23.8 Å². The molecular formula is C22H24N4O4S. The highest BCUT2D eigenvalue weighted by molar-refractivity contribution is 7.89. The summed E-state index contributed by atoms with van der Waals surface area (Å²) in [5, 5.41) is 0. The molecule has 0 atom stereocenters. The van der Waals surface area contributed by atoms with E-state index in [0.717, 1.165) is 21.1 Å². The topological polar surface area (TPSA) is 101 Å². The van der Waals surface area contributed by atoms with Crippen molar-refractivity contribution in [3.05, 3.63) is 83.7 Å². The number of benzene rings is 2. The third-order valence-corrected chi connectivity index (χ3v) is 6.58. The van der Waals surface area contributed by atoms with E-state index in [4.69, 9.17) is 0 Å². The van der Waals surface area contributed by atoms with Gasteiger partial charge in [0.25, 0.3) is 11.8 Å². The van der Waals surface area contributed by atoms with Crippen molar-refractivity contribution in [2.75, 3.05) is 13.6 Å². The van der Waals surface area contributed by atoms with Gasteiger partial charge in [-0.3, -0.25) is 20.4 Å². The number of nitrogens with zero attached hydrogens (tertiary/aromatic N) is 2. The molecule has 2 N–H and O–H groups in total. The average molecular weight is 441 g/mol. The van der Waals surface area contributed by atoms with Crippen molar-refractivity contribution in [3.63, 3.8) is 0 Å². The molecule has 0 aliphatic carbocycles. The number of likely N-dealkylation sites (N-methyl/N-ethyl adjacent to an activating group) is 1. The number of carbonyl (C=O) groups is 2. The first-order valence-electron chi connectivity index (χ1n) is 9.54. The first-order valence-corrected chi connectivity index (χ1v) is 11.0. The van der Waals surface area contributed by atoms with Gasteiger partial charge in [0.2, 0.25) is 10.0 Å². The molecule has 1 heterocycles. The van der Waals surface area contributed by atoms with Gasteiger partial charge in [0.15, 0.2) is 0 Å². The molecule has 0 saturated heterocycles. The number of nitrogens with one attached hydrogen (secondary N) is 2. The Kier molecular flexibility index (Phi) is 6.57. The molecule has 0 spiro atoms. The molecule has 3 aromatic rings. The van der Waals surface area contributed by atoms with Crippen molar-refractivity contribution in [2.24, 2.45) is 0 Å². The first-order chi connectivity index (χ1) is 14.7. The number of aromatic nitrogens is 1. The zero-order valence-electron chi connectivity index (χ0n) is 17.5. The minimum absolute atomic E-state index is 0.0923. The molecule has 0 radical (unpaired) electrons. The van der Waals surface area contributed by atoms with Crippen LogP contribution in [0.15, 0.2) is 71.9 Å². The molecule has 162 valence electrons. The zero-order valence-corrected chi connectivity index (χ0v) is 18.3. The number of hydrogen-bond acceptors (Lipinski definition) is 4. The number of carbonyl (C=O) groups excluding carboxylic acids is 2. The van der Waals surface area contributed by atoms with Crippen LogP contribution in [0.3, 0.4) is 0 Å². The fourth-order valence-electron chi connectivity index (χ4n) is 2.94. The van der Waals surface area contributed by atoms with Gasteiger partial charge in [0.1, 0.15) is 0 Å². The van der Waals surface area contributed by atoms with E-state index in [-0.39, 0.29) is 4.90 Å². The summed E-state index contributed by atoms with van der Waals surface area (Å²) in [5.41, 5.74) is 7.70. The fourth-order valence-corrected chi connectivity index (χ4v) is 4.07. The molecule has 0 bridgehead atoms. The van der Waals surface area contributed by atoms with Crippen LogP contribution >= 0.6 is 0 Å². The molecule has 9 heteroatoms. The van der Waals surface area contributed by atoms with Gasteiger partial charge in [0.05, 0.1) is 11.4 Å². The second-order valence-electron chi connectivity index (χ2n) is 7.17. The van der Waals surface area contributed by atoms with Crippen LogP contribution in [-0.2, 0) is 14.8 Å². The second kappa shape index (κ2) is 9.15. The van der Waals surface area contributed by atoms with Crippen LogP contribution in [0.2, 0.25) is 0 Å². The highest BCUT2D eigenvalue weighted by Gasteiger charge is 2.23. The van der Waals surface area contributed by atoms with Gasteiger partial charge < -0.3 is 4.57 Å². The molecule has 2 aromatic carbocycles. The maximum atomic E-state index is 12.6. The lowest BCUT2D eigenvalue weighted by atomic mass is 10.1. The molecule has 8 nitrogen and oxygen atoms in total. The van der Waals surface area contributed by atoms with Crippen molar-refractivity contribution in [1.82, 2.24) is 19.7 Å². The van der Waals surface area contributed by atoms with E-state index in [1.807, 2.05) is 49.0 Å². The molecule has 0 aliphatic heterocycles. The Morgan fingerprint density at radius 3 is 2.26 bits per heavy atom. The summed E-state index contributed by atoms with van der Waals surface area (Å²) in [5.74, 6) is -1.17. The van der Waals surface area contributed by atoms with Gasteiger partial charge in [-0.05, 0) is 55.8 Å². The Morgan fingerprint density at radius 1 is 0.968 bits per heavy atom. The third kappa shape index (κ3) is 5.19. The Balaban J connectivity index is 1.61. The predicted molar refractivity (Wildman–Crippen MR) is 117 cm³/mol. The largest absolute Gasteiger partial charge is 0.324 e. The number of hydrogen-bond donors (Lipinski definition) is 2. The van der Waals surface area contributed by atoms with Crippen LogP contribution in [0.5, 0.6) is 0 Å². The van der Waals surface area contributed by atoms with Crippen molar-refractivity contribution in [3.8, 4) is 5.69 Å². The van der Waals surface area contributed by atoms with Crippen LogP contribution in [-0.4, -0.2) is 42.7 Å². The summed E-state index contributed by atoms with van der Waals surface area (Å²) in [6, 6.07) is 15.3. The van der Waals surface area contributed by atoms with Crippen LogP contribution < -0.4 is 10.9 Å². The molecule has 0 aliphatic rings. The van der Waals surface area contributed by atoms with E-state index in [2.05, 4.69) is 10.9 Å². The Morgan fingerprint density at radius 2 is 1.61 bits per heavy atom. The Hall–Kier alpha value is -3.43. The van der Waals surface area contributed by atoms with E-state index in [1.165, 1.54) is 19.2 Å². The molecule has 2 amide bonds. The normalized spacial score (nSPS) is 11.4. The van der Waals surface area contributed by atoms with Gasteiger partial charge in [0, 0.05) is 30.7 Å². The van der Waals surface area contributed by atoms with Crippen molar-refractivity contribution in [2.45, 2.75) is 18.7 Å². The van der Waals surface area contributed by atoms with Crippen LogP contribution in [0.25, 0.3) is 5.69 Å². The molecule has 3 rings (SSSR count). The number of aryl methyl sites for hydroxylation is 2. The summed E-state index contributed by atoms with van der Waals surface area (Å²) in [6.07, 6.45) is 3.74. The number of amides is 2. The fraction of sp³-hybridized carbons (Fsp3) is 0.182. The van der Waals surface area contributed by atoms with Crippen molar-refractivity contribution in [1.29, 1.82) is 0 Å². The second-order valence-corrected chi connectivity index (χ2v) is 9.21. The predicted octanol–water partition coefficient (Wildman–Crippen LogP) is 2.18. The van der Waals surface area contributed by atoms with Crippen LogP contribution in [0.4, 0.5) is 0 Å². The van der Waals surface area contributed by atoms with Gasteiger partial charge in [-0.2, -0.15) is 4.31 Å². The average Bonchev–Trinajstić information content (AvgIpc) is 3.27. The lowest BCUT2D eigenvalue weighted by Gasteiger charge is -2.17. The van der Waals surface area contributed by atoms with Crippen LogP contribution in [0, 0.1) is 13.8 Å². The van der Waals surface area contributed by atoms with E-state index < -0.39 is 28.4 Å².